The Bertz CT molecular complexity index is 1740. The number of nitrogens with zero attached hydrogens (tertiary/aromatic N) is 2. The van der Waals surface area contributed by atoms with E-state index in [0.29, 0.717) is 19.5 Å². The molecule has 0 saturated carbocycles. The Labute approximate surface area is 361 Å². The van der Waals surface area contributed by atoms with Crippen molar-refractivity contribution >= 4 is 70.1 Å². The van der Waals surface area contributed by atoms with E-state index in [1.54, 1.807) is 13.8 Å². The summed E-state index contributed by atoms with van der Waals surface area (Å²) in [5.74, 6) is -5.21. The first-order valence-corrected chi connectivity index (χ1v) is 20.9. The quantitative estimate of drug-likeness (QED) is 0.145. The van der Waals surface area contributed by atoms with Crippen LogP contribution in [0.1, 0.15) is 75.1 Å². The predicted molar refractivity (Wildman–Crippen MR) is 223 cm³/mol. The summed E-state index contributed by atoms with van der Waals surface area (Å²) in [4.78, 5) is 59.0. The normalized spacial score (nSPS) is 32.2. The molecule has 2 aliphatic heterocycles. The number of benzene rings is 2. The number of ketones is 1. The third-order valence-corrected chi connectivity index (χ3v) is 12.0. The molecule has 2 aliphatic rings. The molecule has 0 bridgehead atoms. The number of carbonyl (C=O) groups excluding carboxylic acids is 4. The van der Waals surface area contributed by atoms with Crippen LogP contribution < -0.4 is 0 Å². The van der Waals surface area contributed by atoms with Crippen LogP contribution in [0.5, 0.6) is 0 Å². The molecule has 2 saturated heterocycles. The summed E-state index contributed by atoms with van der Waals surface area (Å²) in [5.41, 5.74) is -0.967. The Morgan fingerprint density at radius 1 is 0.828 bits per heavy atom. The number of likely N-dealkylation sites (N-methyl/N-ethyl adjacent to an activating group) is 2. The molecular weight excluding hydrogens is 834 g/mol. The molecule has 2 aromatic carbocycles. The number of esters is 3. The summed E-state index contributed by atoms with van der Waals surface area (Å²) in [6, 6.07) is 8.54. The van der Waals surface area contributed by atoms with Crippen molar-refractivity contribution in [2.24, 2.45) is 23.7 Å². The van der Waals surface area contributed by atoms with Gasteiger partial charge in [-0.15, -0.1) is 0 Å². The van der Waals surface area contributed by atoms with Crippen LogP contribution in [0.25, 0.3) is 0 Å². The van der Waals surface area contributed by atoms with Gasteiger partial charge in [-0.2, -0.15) is 0 Å². The number of Topliss-reactive ketones (excluding diaryl/α,β-unsaturated/α-hetero) is 1. The largest absolute Gasteiger partial charge is 0.464 e. The minimum Gasteiger partial charge on any atom is -0.464 e. The van der Waals surface area contributed by atoms with E-state index in [2.05, 4.69) is 0 Å². The van der Waals surface area contributed by atoms with E-state index in [-0.39, 0.29) is 62.3 Å². The van der Waals surface area contributed by atoms with Gasteiger partial charge in [0.2, 0.25) is 0 Å². The summed E-state index contributed by atoms with van der Waals surface area (Å²) in [6.07, 6.45) is -3.68. The van der Waals surface area contributed by atoms with E-state index in [1.807, 2.05) is 51.7 Å². The number of halogens is 4. The first-order chi connectivity index (χ1) is 27.1. The van der Waals surface area contributed by atoms with E-state index in [1.165, 1.54) is 50.4 Å². The molecule has 0 amide bonds. The van der Waals surface area contributed by atoms with Gasteiger partial charge in [-0.1, -0.05) is 67.2 Å². The number of hydrogen-bond donors (Lipinski definition) is 0. The van der Waals surface area contributed by atoms with E-state index >= 15 is 0 Å². The zero-order valence-corrected chi connectivity index (χ0v) is 37.8. The zero-order chi connectivity index (χ0) is 43.2. The maximum Gasteiger partial charge on any atom is 0.338 e. The van der Waals surface area contributed by atoms with Crippen molar-refractivity contribution in [2.75, 3.05) is 47.9 Å². The van der Waals surface area contributed by atoms with Gasteiger partial charge in [-0.3, -0.25) is 9.59 Å². The second-order valence-electron chi connectivity index (χ2n) is 16.2. The van der Waals surface area contributed by atoms with E-state index in [9.17, 15) is 19.2 Å². The van der Waals surface area contributed by atoms with Gasteiger partial charge in [-0.25, -0.2) is 9.59 Å². The van der Waals surface area contributed by atoms with Crippen molar-refractivity contribution in [3.63, 3.8) is 0 Å². The van der Waals surface area contributed by atoms with Gasteiger partial charge in [0.1, 0.15) is 18.6 Å². The lowest BCUT2D eigenvalue weighted by atomic mass is 9.76. The molecule has 2 fully saturated rings. The lowest BCUT2D eigenvalue weighted by Crippen LogP contribution is -2.60. The minimum atomic E-state index is -1.29. The molecule has 0 N–H and O–H groups in total. The molecule has 2 aromatic rings. The standard InChI is InChI=1S/C42H56Cl4N2O10/c1-22-20-42(6,53-10)37(58-41-36(33(47(7)8)13-24(3)55-41)57-40(52)28-16-31(45)19-32(46)17-28)25(4)34(49)26(5)38(50)54-12-11-48(9)21-23(2)35(22)56-39(51)27-14-29(43)18-30(44)15-27/h14-19,22-26,33,35-37,41H,11-13,20-21H2,1-10H3/t22-,23-,24-,25+,26-,33+,35+,36-,37-,41+,42-/m1/s1. The number of methoxy groups -OCH3 is 1. The van der Waals surface area contributed by atoms with Crippen LogP contribution in [0.4, 0.5) is 0 Å². The van der Waals surface area contributed by atoms with Crippen LogP contribution >= 0.6 is 46.4 Å². The first-order valence-electron chi connectivity index (χ1n) is 19.4. The third kappa shape index (κ3) is 12.3. The molecule has 0 aliphatic carbocycles. The lowest BCUT2D eigenvalue weighted by molar-refractivity contribution is -0.295. The van der Waals surface area contributed by atoms with Crippen LogP contribution in [-0.4, -0.2) is 124 Å². The molecule has 4 rings (SSSR count). The zero-order valence-electron chi connectivity index (χ0n) is 34.8. The molecule has 0 spiro atoms. The van der Waals surface area contributed by atoms with Crippen LogP contribution in [0.15, 0.2) is 36.4 Å². The number of carbonyl (C=O) groups is 4. The molecule has 0 aromatic heterocycles. The number of cyclic esters (lactones) is 1. The van der Waals surface area contributed by atoms with Gasteiger partial charge in [0, 0.05) is 52.1 Å². The molecule has 0 radical (unpaired) electrons. The minimum absolute atomic E-state index is 0.0371. The summed E-state index contributed by atoms with van der Waals surface area (Å²) in [7, 11) is 7.10. The van der Waals surface area contributed by atoms with Gasteiger partial charge < -0.3 is 38.2 Å². The summed E-state index contributed by atoms with van der Waals surface area (Å²) >= 11 is 25.0. The van der Waals surface area contributed by atoms with Crippen molar-refractivity contribution in [1.29, 1.82) is 0 Å². The fourth-order valence-electron chi connectivity index (χ4n) is 8.07. The first kappa shape index (κ1) is 48.1. The second-order valence-corrected chi connectivity index (χ2v) is 18.0. The Morgan fingerprint density at radius 2 is 1.34 bits per heavy atom. The Kier molecular flexibility index (Phi) is 17.3. The highest BCUT2D eigenvalue weighted by molar-refractivity contribution is 6.35. The number of hydrogen-bond acceptors (Lipinski definition) is 12. The van der Waals surface area contributed by atoms with Crippen LogP contribution in [0, 0.1) is 23.7 Å². The van der Waals surface area contributed by atoms with Gasteiger partial charge in [0.25, 0.3) is 0 Å². The third-order valence-electron chi connectivity index (χ3n) is 11.1. The van der Waals surface area contributed by atoms with E-state index in [0.717, 1.165) is 0 Å². The van der Waals surface area contributed by atoms with Crippen LogP contribution in [-0.2, 0) is 38.0 Å². The molecular formula is C42H56Cl4N2O10. The molecule has 11 atom stereocenters. The smallest absolute Gasteiger partial charge is 0.338 e. The molecule has 16 heteroatoms. The van der Waals surface area contributed by atoms with Crippen molar-refractivity contribution in [2.45, 2.75) is 96.7 Å². The summed E-state index contributed by atoms with van der Waals surface area (Å²) in [6.45, 7) is 11.6. The fourth-order valence-corrected chi connectivity index (χ4v) is 9.12. The fraction of sp³-hybridized carbons (Fsp3) is 0.619. The Morgan fingerprint density at radius 3 is 1.84 bits per heavy atom. The molecule has 0 unspecified atom stereocenters. The molecule has 2 heterocycles. The Balaban J connectivity index is 1.79. The highest BCUT2D eigenvalue weighted by Crippen LogP contribution is 2.39. The average Bonchev–Trinajstić information content (AvgIpc) is 3.14. The SMILES string of the molecule is CO[C@]1(C)C[C@@H](C)[C@H](OC(=O)c2cc(Cl)cc(Cl)c2)[C@H](C)CN(C)CCOC(=O)[C@H](C)C(=O)[C@H](C)[C@H]1O[C@@H]1O[C@H](C)C[C@H](N(C)C)[C@H]1OC(=O)c1cc(Cl)cc(Cl)c1. The summed E-state index contributed by atoms with van der Waals surface area (Å²) < 4.78 is 37.7. The van der Waals surface area contributed by atoms with Crippen molar-refractivity contribution in [1.82, 2.24) is 9.80 Å². The molecule has 12 nitrogen and oxygen atoms in total. The van der Waals surface area contributed by atoms with Gasteiger partial charge in [-0.05, 0) is 97.1 Å². The van der Waals surface area contributed by atoms with Gasteiger partial charge in [0.15, 0.2) is 18.2 Å². The predicted octanol–water partition coefficient (Wildman–Crippen LogP) is 7.90. The van der Waals surface area contributed by atoms with Crippen LogP contribution in [0.2, 0.25) is 20.1 Å². The van der Waals surface area contributed by atoms with Gasteiger partial charge >= 0.3 is 17.9 Å². The molecule has 322 valence electrons. The van der Waals surface area contributed by atoms with Crippen molar-refractivity contribution < 1.29 is 47.6 Å². The summed E-state index contributed by atoms with van der Waals surface area (Å²) in [5, 5.41) is 1.08. The number of ether oxygens (including phenoxy) is 6. The number of rotatable bonds is 8. The van der Waals surface area contributed by atoms with Crippen molar-refractivity contribution in [3.8, 4) is 0 Å². The maximum atomic E-state index is 14.3. The van der Waals surface area contributed by atoms with E-state index in [4.69, 9.17) is 74.8 Å². The van der Waals surface area contributed by atoms with E-state index < -0.39 is 71.6 Å². The molecule has 58 heavy (non-hydrogen) atoms. The van der Waals surface area contributed by atoms with Gasteiger partial charge in [0.05, 0.1) is 35.0 Å². The Hall–Kier alpha value is -2.52. The average molecular weight is 891 g/mol. The lowest BCUT2D eigenvalue weighted by Gasteiger charge is -2.48. The highest BCUT2D eigenvalue weighted by Gasteiger charge is 2.51. The van der Waals surface area contributed by atoms with Crippen molar-refractivity contribution in [3.05, 3.63) is 67.6 Å². The maximum absolute atomic E-state index is 14.3. The monoisotopic (exact) mass is 888 g/mol. The van der Waals surface area contributed by atoms with Crippen LogP contribution in [0.3, 0.4) is 0 Å². The highest BCUT2D eigenvalue weighted by atomic mass is 35.5. The second kappa shape index (κ2) is 20.8. The topological polar surface area (TPSA) is 130 Å².